The molecule has 10 rings (SSSR count). The predicted octanol–water partition coefficient (Wildman–Crippen LogP) is 9.36. The number of hydrogen-bond donors (Lipinski definition) is 0. The van der Waals surface area contributed by atoms with Crippen molar-refractivity contribution in [3.63, 3.8) is 0 Å². The molecule has 0 N–H and O–H groups in total. The maximum atomic E-state index is 2.42. The number of fused-ring (bicyclic) bond motifs is 21. The molecule has 0 radical (unpaired) electrons. The molecule has 0 spiro atoms. The average molecular weight is 496 g/mol. The third-order valence-electron chi connectivity index (χ3n) is 8.81. The second-order valence-corrected chi connectivity index (χ2v) is 10.6. The number of rotatable bonds is 0. The van der Waals surface area contributed by atoms with Crippen molar-refractivity contribution in [3.05, 3.63) is 128 Å². The standard InChI is InChI=1S/C36H21N3/c1-4-13-25-22(10-1)28-16-7-19-37(28)34-31(25)35-33(27-15-6-3-12-24(27)29-17-8-20-38(29)35)36-32(34)26-14-5-2-11-23(26)30-18-9-21-39(30)36/h1-21H. The maximum absolute atomic E-state index is 2.42. The molecule has 0 atom stereocenters. The molecule has 0 aliphatic carbocycles. The van der Waals surface area contributed by atoms with Gasteiger partial charge in [-0.1, -0.05) is 72.8 Å². The first-order chi connectivity index (χ1) is 19.4. The molecule has 180 valence electrons. The second kappa shape index (κ2) is 6.77. The summed E-state index contributed by atoms with van der Waals surface area (Å²) >= 11 is 0. The zero-order chi connectivity index (χ0) is 25.2. The second-order valence-electron chi connectivity index (χ2n) is 10.6. The van der Waals surface area contributed by atoms with Crippen LogP contribution in [0.25, 0.3) is 81.6 Å². The molecule has 0 fully saturated rings. The first kappa shape index (κ1) is 19.8. The smallest absolute Gasteiger partial charge is 0.0655 e. The van der Waals surface area contributed by atoms with E-state index in [9.17, 15) is 0 Å². The number of benzene rings is 4. The summed E-state index contributed by atoms with van der Waals surface area (Å²) in [5, 5.41) is 11.6. The molecule has 3 nitrogen and oxygen atoms in total. The van der Waals surface area contributed by atoms with Gasteiger partial charge in [-0.25, -0.2) is 0 Å². The van der Waals surface area contributed by atoms with Crippen molar-refractivity contribution in [1.29, 1.82) is 0 Å². The Morgan fingerprint density at radius 3 is 0.872 bits per heavy atom. The summed E-state index contributed by atoms with van der Waals surface area (Å²) in [7, 11) is 0. The van der Waals surface area contributed by atoms with Crippen LogP contribution in [0.15, 0.2) is 128 Å². The summed E-state index contributed by atoms with van der Waals surface area (Å²) < 4.78 is 7.27. The molecule has 6 heterocycles. The van der Waals surface area contributed by atoms with Crippen LogP contribution in [0, 0.1) is 0 Å². The Morgan fingerprint density at radius 1 is 0.282 bits per heavy atom. The lowest BCUT2D eigenvalue weighted by molar-refractivity contribution is 1.26. The van der Waals surface area contributed by atoms with Crippen LogP contribution in [-0.2, 0) is 0 Å². The summed E-state index contributed by atoms with van der Waals surface area (Å²) in [6, 6.07) is 40.0. The SMILES string of the molecule is c1ccc2c(c1)c1c3c(c4ccccc4c4cccn43)c3c(c4ccccc4c4cccn43)c1n1cccc21. The Bertz CT molecular complexity index is 2340. The minimum atomic E-state index is 1.24. The quantitative estimate of drug-likeness (QED) is 0.186. The molecule has 6 aromatic heterocycles. The van der Waals surface area contributed by atoms with Crippen LogP contribution >= 0.6 is 0 Å². The average Bonchev–Trinajstić information content (AvgIpc) is 3.77. The van der Waals surface area contributed by atoms with Gasteiger partial charge < -0.3 is 13.2 Å². The zero-order valence-corrected chi connectivity index (χ0v) is 21.0. The van der Waals surface area contributed by atoms with Gasteiger partial charge in [0.15, 0.2) is 0 Å². The van der Waals surface area contributed by atoms with Crippen LogP contribution in [0.1, 0.15) is 0 Å². The highest BCUT2D eigenvalue weighted by Gasteiger charge is 2.23. The molecule has 0 saturated heterocycles. The van der Waals surface area contributed by atoms with Gasteiger partial charge in [0.05, 0.1) is 33.1 Å². The Kier molecular flexibility index (Phi) is 3.44. The lowest BCUT2D eigenvalue weighted by Gasteiger charge is -2.21. The molecule has 0 unspecified atom stereocenters. The van der Waals surface area contributed by atoms with Crippen LogP contribution in [0.4, 0.5) is 0 Å². The van der Waals surface area contributed by atoms with E-state index in [1.165, 1.54) is 81.6 Å². The summed E-state index contributed by atoms with van der Waals surface area (Å²) in [6.07, 6.45) is 6.70. The number of aromatic nitrogens is 3. The molecule has 39 heavy (non-hydrogen) atoms. The maximum Gasteiger partial charge on any atom is 0.0655 e. The Morgan fingerprint density at radius 2 is 0.564 bits per heavy atom. The first-order valence-electron chi connectivity index (χ1n) is 13.5. The highest BCUT2D eigenvalue weighted by molar-refractivity contribution is 6.39. The van der Waals surface area contributed by atoms with Gasteiger partial charge in [-0.3, -0.25) is 0 Å². The fourth-order valence-corrected chi connectivity index (χ4v) is 7.36. The molecule has 0 aliphatic rings. The third-order valence-corrected chi connectivity index (χ3v) is 8.81. The molecule has 10 aromatic rings. The van der Waals surface area contributed by atoms with Gasteiger partial charge in [-0.05, 0) is 52.6 Å². The fourth-order valence-electron chi connectivity index (χ4n) is 7.36. The van der Waals surface area contributed by atoms with Crippen molar-refractivity contribution in [2.75, 3.05) is 0 Å². The topological polar surface area (TPSA) is 13.2 Å². The van der Waals surface area contributed by atoms with E-state index in [4.69, 9.17) is 0 Å². The van der Waals surface area contributed by atoms with E-state index in [0.717, 1.165) is 0 Å². The summed E-state index contributed by atoms with van der Waals surface area (Å²) in [5.74, 6) is 0. The van der Waals surface area contributed by atoms with Crippen molar-refractivity contribution < 1.29 is 0 Å². The number of nitrogens with zero attached hydrogens (tertiary/aromatic N) is 3. The fraction of sp³-hybridized carbons (Fsp3) is 0. The lowest BCUT2D eigenvalue weighted by atomic mass is 9.93. The van der Waals surface area contributed by atoms with E-state index in [-0.39, 0.29) is 0 Å². The van der Waals surface area contributed by atoms with Gasteiger partial charge in [0.1, 0.15) is 0 Å². The monoisotopic (exact) mass is 495 g/mol. The molecule has 0 amide bonds. The van der Waals surface area contributed by atoms with Crippen LogP contribution < -0.4 is 0 Å². The van der Waals surface area contributed by atoms with E-state index >= 15 is 0 Å². The van der Waals surface area contributed by atoms with Crippen molar-refractivity contribution in [1.82, 2.24) is 13.2 Å². The Labute approximate surface area is 222 Å². The van der Waals surface area contributed by atoms with Crippen LogP contribution in [0.2, 0.25) is 0 Å². The van der Waals surface area contributed by atoms with Gasteiger partial charge in [0.2, 0.25) is 0 Å². The summed E-state index contributed by atoms with van der Waals surface area (Å²) in [5.41, 5.74) is 7.48. The van der Waals surface area contributed by atoms with E-state index in [1.807, 2.05) is 0 Å². The Hall–Kier alpha value is -5.28. The van der Waals surface area contributed by atoms with E-state index < -0.39 is 0 Å². The highest BCUT2D eigenvalue weighted by Crippen LogP contribution is 2.46. The van der Waals surface area contributed by atoms with Gasteiger partial charge in [-0.15, -0.1) is 0 Å². The Balaban J connectivity index is 1.77. The van der Waals surface area contributed by atoms with Crippen molar-refractivity contribution in [2.24, 2.45) is 0 Å². The van der Waals surface area contributed by atoms with Gasteiger partial charge in [0.25, 0.3) is 0 Å². The van der Waals surface area contributed by atoms with Gasteiger partial charge in [-0.2, -0.15) is 0 Å². The number of pyridine rings is 3. The van der Waals surface area contributed by atoms with E-state index in [1.54, 1.807) is 0 Å². The molecular formula is C36H21N3. The van der Waals surface area contributed by atoms with Crippen LogP contribution in [-0.4, -0.2) is 13.2 Å². The largest absolute Gasteiger partial charge is 0.315 e. The summed E-state index contributed by atoms with van der Waals surface area (Å²) in [4.78, 5) is 0. The molecule has 3 heteroatoms. The van der Waals surface area contributed by atoms with E-state index in [0.29, 0.717) is 0 Å². The molecule has 0 bridgehead atoms. The number of hydrogen-bond acceptors (Lipinski definition) is 0. The van der Waals surface area contributed by atoms with Crippen LogP contribution in [0.5, 0.6) is 0 Å². The van der Waals surface area contributed by atoms with Gasteiger partial charge in [0, 0.05) is 50.9 Å². The minimum absolute atomic E-state index is 1.24. The van der Waals surface area contributed by atoms with Crippen molar-refractivity contribution >= 4 is 81.6 Å². The van der Waals surface area contributed by atoms with Crippen LogP contribution in [0.3, 0.4) is 0 Å². The highest BCUT2D eigenvalue weighted by atomic mass is 14.9. The molecule has 4 aromatic carbocycles. The van der Waals surface area contributed by atoms with Crippen molar-refractivity contribution in [3.8, 4) is 0 Å². The van der Waals surface area contributed by atoms with Crippen molar-refractivity contribution in [2.45, 2.75) is 0 Å². The molecule has 0 saturated carbocycles. The van der Waals surface area contributed by atoms with E-state index in [2.05, 4.69) is 141 Å². The molecule has 0 aliphatic heterocycles. The minimum Gasteiger partial charge on any atom is -0.315 e. The normalized spacial score (nSPS) is 12.6. The molecular weight excluding hydrogens is 474 g/mol. The predicted molar refractivity (Wildman–Crippen MR) is 164 cm³/mol. The summed E-state index contributed by atoms with van der Waals surface area (Å²) in [6.45, 7) is 0. The van der Waals surface area contributed by atoms with Gasteiger partial charge >= 0.3 is 0 Å². The lowest BCUT2D eigenvalue weighted by Crippen LogP contribution is -2.01. The first-order valence-corrected chi connectivity index (χ1v) is 13.5. The third kappa shape index (κ3) is 2.23. The zero-order valence-electron chi connectivity index (χ0n) is 21.0.